The van der Waals surface area contributed by atoms with E-state index in [1.807, 2.05) is 0 Å². The van der Waals surface area contributed by atoms with Gasteiger partial charge in [0.05, 0.1) is 12.4 Å². The first-order chi connectivity index (χ1) is 4.52. The molecule has 0 aromatic heterocycles. The van der Waals surface area contributed by atoms with Crippen LogP contribution in [0, 0.1) is 0 Å². The SMILES string of the molecule is O=C([O-])CC(=O)OC(=O)[O-].[Tl+].[Tl+]. The van der Waals surface area contributed by atoms with Gasteiger partial charge in [-0.25, -0.2) is 0 Å². The van der Waals surface area contributed by atoms with Crippen LogP contribution in [0.5, 0.6) is 0 Å². The Morgan fingerprint density at radius 2 is 1.50 bits per heavy atom. The van der Waals surface area contributed by atoms with Crippen molar-refractivity contribution in [3.05, 3.63) is 0 Å². The molecule has 0 aliphatic rings. The zero-order chi connectivity index (χ0) is 8.15. The fourth-order valence-corrected chi connectivity index (χ4v) is 0.247. The number of carbonyl (C=O) groups excluding carboxylic acids is 3. The van der Waals surface area contributed by atoms with Crippen molar-refractivity contribution in [1.82, 2.24) is 0 Å². The van der Waals surface area contributed by atoms with Crippen LogP contribution in [0.15, 0.2) is 0 Å². The van der Waals surface area contributed by atoms with Gasteiger partial charge >= 0.3 is 54.6 Å². The summed E-state index contributed by atoms with van der Waals surface area (Å²) in [6.45, 7) is 0. The Bertz CT molecular complexity index is 160. The average Bonchev–Trinajstić information content (AvgIpc) is 1.58. The normalized spacial score (nSPS) is 7.00. The predicted molar refractivity (Wildman–Crippen MR) is 32.6 cm³/mol. The molecule has 0 spiro atoms. The molecular weight excluding hydrogens is 553 g/mol. The monoisotopic (exact) mass is 556 g/mol. The number of carboxylic acid groups (broad SMARTS) is 2. The molecule has 0 aromatic carbocycles. The van der Waals surface area contributed by atoms with E-state index in [1.165, 1.54) is 0 Å². The summed E-state index contributed by atoms with van der Waals surface area (Å²) in [5, 5.41) is 19.0. The van der Waals surface area contributed by atoms with Gasteiger partial charge in [0.15, 0.2) is 0 Å². The van der Waals surface area contributed by atoms with Gasteiger partial charge in [0.25, 0.3) is 6.16 Å². The Hall–Kier alpha value is 0.254. The fourth-order valence-electron chi connectivity index (χ4n) is 0.247. The second-order valence-electron chi connectivity index (χ2n) is 1.27. The number of carboxylic acids is 1. The molecule has 0 atom stereocenters. The maximum absolute atomic E-state index is 10.0. The first-order valence-electron chi connectivity index (χ1n) is 2.14. The van der Waals surface area contributed by atoms with E-state index in [0.29, 0.717) is 0 Å². The van der Waals surface area contributed by atoms with Gasteiger partial charge in [0.1, 0.15) is 0 Å². The number of hydrogen-bond acceptors (Lipinski definition) is 6. The maximum Gasteiger partial charge on any atom is 1.00 e. The van der Waals surface area contributed by atoms with Crippen molar-refractivity contribution < 1.29 is 29.3 Å². The van der Waals surface area contributed by atoms with E-state index in [4.69, 9.17) is 0 Å². The molecule has 0 amide bonds. The minimum absolute atomic E-state index is 0. The summed E-state index contributed by atoms with van der Waals surface area (Å²) in [6, 6.07) is 0. The van der Waals surface area contributed by atoms with E-state index in [-0.39, 0.29) is 54.6 Å². The molecule has 0 unspecified atom stereocenters. The molecule has 0 rings (SSSR count). The summed E-state index contributed by atoms with van der Waals surface area (Å²) in [5.74, 6) is -3.12. The van der Waals surface area contributed by atoms with Crippen LogP contribution in [-0.4, -0.2) is 72.7 Å². The first-order valence-corrected chi connectivity index (χ1v) is 2.14. The Kier molecular flexibility index (Phi) is 14.1. The quantitative estimate of drug-likeness (QED) is 0.197. The fraction of sp³-hybridized carbons (Fsp3) is 0.250. The largest absolute Gasteiger partial charge is 1.00 e. The van der Waals surface area contributed by atoms with Crippen molar-refractivity contribution in [3.63, 3.8) is 0 Å². The molecule has 6 nitrogen and oxygen atoms in total. The van der Waals surface area contributed by atoms with Crippen LogP contribution in [-0.2, 0) is 14.3 Å². The van der Waals surface area contributed by atoms with Crippen molar-refractivity contribution in [3.8, 4) is 0 Å². The van der Waals surface area contributed by atoms with Gasteiger partial charge in [-0.05, 0) is 0 Å². The molecule has 0 radical (unpaired) electrons. The zero-order valence-corrected chi connectivity index (χ0v) is 14.8. The Labute approximate surface area is 108 Å². The number of hydrogen-bond donors (Lipinski definition) is 0. The third-order valence-corrected chi connectivity index (χ3v) is 0.486. The number of esters is 1. The molecule has 0 aliphatic heterocycles. The molecule has 0 N–H and O–H groups in total. The third kappa shape index (κ3) is 12.9. The smallest absolute Gasteiger partial charge is 0.550 e. The van der Waals surface area contributed by atoms with Crippen LogP contribution in [0.2, 0.25) is 0 Å². The third-order valence-electron chi connectivity index (χ3n) is 0.486. The molecular formula is C4H2O6Tl2. The van der Waals surface area contributed by atoms with E-state index in [2.05, 4.69) is 4.74 Å². The number of ether oxygens (including phenoxy) is 1. The Morgan fingerprint density at radius 1 is 1.08 bits per heavy atom. The summed E-state index contributed by atoms with van der Waals surface area (Å²) in [6.07, 6.45) is -3.17. The van der Waals surface area contributed by atoms with E-state index < -0.39 is 24.5 Å². The standard InChI is InChI=1S/C4H4O6.2Tl/c5-2(6)1-3(7)10-4(8)9;;/h1H2,(H,5,6)(H,8,9);;/q;2*+1/p-2. The van der Waals surface area contributed by atoms with Crippen LogP contribution in [0.3, 0.4) is 0 Å². The molecule has 0 heterocycles. The summed E-state index contributed by atoms with van der Waals surface area (Å²) >= 11 is 0. The van der Waals surface area contributed by atoms with Crippen LogP contribution >= 0.6 is 0 Å². The van der Waals surface area contributed by atoms with E-state index in [9.17, 15) is 24.6 Å². The molecule has 0 bridgehead atoms. The average molecular weight is 555 g/mol. The van der Waals surface area contributed by atoms with E-state index in [1.54, 1.807) is 0 Å². The summed E-state index contributed by atoms with van der Waals surface area (Å²) in [4.78, 5) is 29.0. The van der Waals surface area contributed by atoms with Gasteiger partial charge < -0.3 is 24.5 Å². The van der Waals surface area contributed by atoms with E-state index in [0.717, 1.165) is 0 Å². The van der Waals surface area contributed by atoms with Gasteiger partial charge in [-0.15, -0.1) is 0 Å². The van der Waals surface area contributed by atoms with Crippen molar-refractivity contribution in [2.45, 2.75) is 6.42 Å². The predicted octanol–water partition coefficient (Wildman–Crippen LogP) is -3.75. The zero-order valence-electron chi connectivity index (χ0n) is 5.81. The second-order valence-corrected chi connectivity index (χ2v) is 1.27. The molecule has 0 saturated carbocycles. The van der Waals surface area contributed by atoms with Crippen LogP contribution in [0.1, 0.15) is 6.42 Å². The molecule has 12 heavy (non-hydrogen) atoms. The maximum atomic E-state index is 10.0. The van der Waals surface area contributed by atoms with E-state index >= 15 is 0 Å². The Balaban J connectivity index is -0.000000405. The first kappa shape index (κ1) is 18.1. The van der Waals surface area contributed by atoms with Crippen LogP contribution in [0.25, 0.3) is 0 Å². The minimum atomic E-state index is -2.08. The minimum Gasteiger partial charge on any atom is -0.550 e. The number of carbonyl (C=O) groups is 3. The summed E-state index contributed by atoms with van der Waals surface area (Å²) in [5.41, 5.74) is 0. The summed E-state index contributed by atoms with van der Waals surface area (Å²) in [7, 11) is 0. The Morgan fingerprint density at radius 3 is 1.75 bits per heavy atom. The van der Waals surface area contributed by atoms with Gasteiger partial charge in [-0.2, -0.15) is 0 Å². The number of aliphatic carboxylic acids is 1. The molecule has 0 aromatic rings. The van der Waals surface area contributed by atoms with Crippen molar-refractivity contribution >= 4 is 72.7 Å². The molecule has 0 saturated heterocycles. The second kappa shape index (κ2) is 9.34. The van der Waals surface area contributed by atoms with Crippen LogP contribution in [0.4, 0.5) is 4.79 Å². The molecule has 0 aliphatic carbocycles. The van der Waals surface area contributed by atoms with Gasteiger partial charge in [-0.3, -0.25) is 4.79 Å². The van der Waals surface area contributed by atoms with Crippen molar-refractivity contribution in [2.75, 3.05) is 0 Å². The van der Waals surface area contributed by atoms with Crippen molar-refractivity contribution in [1.29, 1.82) is 0 Å². The molecule has 8 heteroatoms. The van der Waals surface area contributed by atoms with Crippen LogP contribution < -0.4 is 10.2 Å². The number of rotatable bonds is 2. The molecule has 60 valence electrons. The summed E-state index contributed by atoms with van der Waals surface area (Å²) < 4.78 is 3.31. The van der Waals surface area contributed by atoms with Gasteiger partial charge in [0, 0.05) is 0 Å². The van der Waals surface area contributed by atoms with Gasteiger partial charge in [-0.1, -0.05) is 0 Å². The van der Waals surface area contributed by atoms with Gasteiger partial charge in [0.2, 0.25) is 5.97 Å². The topological polar surface area (TPSA) is 107 Å². The molecule has 0 fully saturated rings. The van der Waals surface area contributed by atoms with Crippen molar-refractivity contribution in [2.24, 2.45) is 0 Å².